The van der Waals surface area contributed by atoms with E-state index < -0.39 is 0 Å². The number of hydrogen-bond acceptors (Lipinski definition) is 3. The molecule has 3 nitrogen and oxygen atoms in total. The molecule has 0 amide bonds. The van der Waals surface area contributed by atoms with Crippen molar-refractivity contribution >= 4 is 12.4 Å². The Morgan fingerprint density at radius 2 is 1.84 bits per heavy atom. The summed E-state index contributed by atoms with van der Waals surface area (Å²) in [6, 6.07) is 8.55. The molecule has 1 aromatic rings. The molecule has 1 aromatic carbocycles. The summed E-state index contributed by atoms with van der Waals surface area (Å²) in [6.07, 6.45) is 3.01. The Morgan fingerprint density at radius 3 is 2.37 bits per heavy atom. The maximum atomic E-state index is 5.93. The van der Waals surface area contributed by atoms with Gasteiger partial charge < -0.3 is 15.4 Å². The monoisotopic (exact) mass is 286 g/mol. The molecule has 0 heterocycles. The number of halogens is 1. The van der Waals surface area contributed by atoms with Crippen molar-refractivity contribution in [2.24, 2.45) is 5.73 Å². The standard InChI is InChI=1S/C15H26N2O.ClH/c1-4-14(16)12-13-6-8-15(9-7-13)18-11-5-10-17(2)3;/h6-9,14H,4-5,10-12,16H2,1-3H3;1H. The minimum absolute atomic E-state index is 0. The third-order valence-corrected chi connectivity index (χ3v) is 2.96. The quantitative estimate of drug-likeness (QED) is 0.747. The highest BCUT2D eigenvalue weighted by Crippen LogP contribution is 2.13. The summed E-state index contributed by atoms with van der Waals surface area (Å²) in [7, 11) is 4.15. The highest BCUT2D eigenvalue weighted by molar-refractivity contribution is 5.85. The SMILES string of the molecule is CCC(N)Cc1ccc(OCCCN(C)C)cc1.Cl. The van der Waals surface area contributed by atoms with Crippen molar-refractivity contribution < 1.29 is 4.74 Å². The topological polar surface area (TPSA) is 38.5 Å². The number of hydrogen-bond donors (Lipinski definition) is 1. The van der Waals surface area contributed by atoms with E-state index in [1.54, 1.807) is 0 Å². The van der Waals surface area contributed by atoms with Gasteiger partial charge in [0.05, 0.1) is 6.61 Å². The Kier molecular flexibility index (Phi) is 9.66. The molecule has 0 spiro atoms. The molecule has 2 N–H and O–H groups in total. The van der Waals surface area contributed by atoms with Gasteiger partial charge in [-0.05, 0) is 51.1 Å². The Morgan fingerprint density at radius 1 is 1.21 bits per heavy atom. The number of benzene rings is 1. The number of nitrogens with zero attached hydrogens (tertiary/aromatic N) is 1. The van der Waals surface area contributed by atoms with Crippen LogP contribution in [0.4, 0.5) is 0 Å². The summed E-state index contributed by atoms with van der Waals surface area (Å²) in [4.78, 5) is 2.17. The van der Waals surface area contributed by atoms with E-state index in [0.717, 1.165) is 38.2 Å². The molecule has 0 saturated heterocycles. The fourth-order valence-electron chi connectivity index (χ4n) is 1.74. The lowest BCUT2D eigenvalue weighted by Crippen LogP contribution is -2.21. The number of nitrogens with two attached hydrogens (primary N) is 1. The van der Waals surface area contributed by atoms with E-state index in [1.807, 2.05) is 12.1 Å². The van der Waals surface area contributed by atoms with Crippen molar-refractivity contribution in [3.63, 3.8) is 0 Å². The molecule has 1 rings (SSSR count). The molecule has 0 saturated carbocycles. The zero-order valence-corrected chi connectivity index (χ0v) is 13.1. The van der Waals surface area contributed by atoms with E-state index in [-0.39, 0.29) is 18.4 Å². The van der Waals surface area contributed by atoms with Gasteiger partial charge in [0.1, 0.15) is 5.75 Å². The second kappa shape index (κ2) is 10.1. The Labute approximate surface area is 123 Å². The van der Waals surface area contributed by atoms with Gasteiger partial charge in [-0.1, -0.05) is 19.1 Å². The lowest BCUT2D eigenvalue weighted by atomic mass is 10.0. The summed E-state index contributed by atoms with van der Waals surface area (Å²) >= 11 is 0. The van der Waals surface area contributed by atoms with E-state index in [4.69, 9.17) is 10.5 Å². The van der Waals surface area contributed by atoms with E-state index in [1.165, 1.54) is 5.56 Å². The van der Waals surface area contributed by atoms with Crippen LogP contribution < -0.4 is 10.5 Å². The Hall–Kier alpha value is -0.770. The molecule has 1 atom stereocenters. The van der Waals surface area contributed by atoms with Crippen LogP contribution in [0.2, 0.25) is 0 Å². The van der Waals surface area contributed by atoms with Crippen molar-refractivity contribution in [2.45, 2.75) is 32.2 Å². The van der Waals surface area contributed by atoms with E-state index in [9.17, 15) is 0 Å². The molecule has 0 aliphatic rings. The van der Waals surface area contributed by atoms with Gasteiger partial charge in [0.2, 0.25) is 0 Å². The summed E-state index contributed by atoms with van der Waals surface area (Å²) < 4.78 is 5.68. The van der Waals surface area contributed by atoms with Gasteiger partial charge in [-0.15, -0.1) is 12.4 Å². The van der Waals surface area contributed by atoms with E-state index in [0.29, 0.717) is 0 Å². The van der Waals surface area contributed by atoms with E-state index in [2.05, 4.69) is 38.1 Å². The Bertz CT molecular complexity index is 327. The normalized spacial score (nSPS) is 12.1. The van der Waals surface area contributed by atoms with Crippen LogP contribution in [0.15, 0.2) is 24.3 Å². The maximum absolute atomic E-state index is 5.93. The first kappa shape index (κ1) is 18.2. The average Bonchev–Trinajstić information content (AvgIpc) is 2.36. The molecular formula is C15H27ClN2O. The molecule has 0 radical (unpaired) electrons. The fraction of sp³-hybridized carbons (Fsp3) is 0.600. The summed E-state index contributed by atoms with van der Waals surface area (Å²) in [6.45, 7) is 3.95. The van der Waals surface area contributed by atoms with Crippen LogP contribution >= 0.6 is 12.4 Å². The predicted molar refractivity (Wildman–Crippen MR) is 84.3 cm³/mol. The fourth-order valence-corrected chi connectivity index (χ4v) is 1.74. The molecule has 4 heteroatoms. The van der Waals surface area contributed by atoms with Crippen molar-refractivity contribution in [3.8, 4) is 5.75 Å². The smallest absolute Gasteiger partial charge is 0.119 e. The Balaban J connectivity index is 0.00000324. The summed E-state index contributed by atoms with van der Waals surface area (Å²) in [5.41, 5.74) is 7.22. The van der Waals surface area contributed by atoms with Gasteiger partial charge in [0.25, 0.3) is 0 Å². The van der Waals surface area contributed by atoms with Crippen molar-refractivity contribution in [1.82, 2.24) is 4.90 Å². The van der Waals surface area contributed by atoms with Crippen molar-refractivity contribution in [2.75, 3.05) is 27.2 Å². The van der Waals surface area contributed by atoms with Gasteiger partial charge >= 0.3 is 0 Å². The lowest BCUT2D eigenvalue weighted by Gasteiger charge is -2.11. The molecule has 0 bridgehead atoms. The first-order valence-electron chi connectivity index (χ1n) is 6.74. The molecule has 0 aliphatic carbocycles. The first-order valence-corrected chi connectivity index (χ1v) is 6.74. The average molecular weight is 287 g/mol. The third kappa shape index (κ3) is 8.09. The predicted octanol–water partition coefficient (Wildman–Crippen LogP) is 2.72. The molecule has 0 fully saturated rings. The van der Waals surface area contributed by atoms with Crippen LogP contribution in [-0.2, 0) is 6.42 Å². The molecule has 1 unspecified atom stereocenters. The van der Waals surface area contributed by atoms with Gasteiger partial charge in [-0.25, -0.2) is 0 Å². The van der Waals surface area contributed by atoms with Crippen LogP contribution in [-0.4, -0.2) is 38.2 Å². The highest BCUT2D eigenvalue weighted by atomic mass is 35.5. The minimum Gasteiger partial charge on any atom is -0.494 e. The van der Waals surface area contributed by atoms with Gasteiger partial charge in [0.15, 0.2) is 0 Å². The zero-order chi connectivity index (χ0) is 13.4. The largest absolute Gasteiger partial charge is 0.494 e. The number of rotatable bonds is 8. The summed E-state index contributed by atoms with van der Waals surface area (Å²) in [5, 5.41) is 0. The second-order valence-corrected chi connectivity index (χ2v) is 5.02. The molecular weight excluding hydrogens is 260 g/mol. The molecule has 0 aliphatic heterocycles. The minimum atomic E-state index is 0. The van der Waals surface area contributed by atoms with Gasteiger partial charge in [-0.3, -0.25) is 0 Å². The van der Waals surface area contributed by atoms with Crippen LogP contribution in [0.1, 0.15) is 25.3 Å². The van der Waals surface area contributed by atoms with Crippen LogP contribution in [0.3, 0.4) is 0 Å². The zero-order valence-electron chi connectivity index (χ0n) is 12.3. The number of ether oxygens (including phenoxy) is 1. The first-order chi connectivity index (χ1) is 8.61. The van der Waals surface area contributed by atoms with Crippen LogP contribution in [0.5, 0.6) is 5.75 Å². The molecule has 0 aromatic heterocycles. The molecule has 110 valence electrons. The van der Waals surface area contributed by atoms with Gasteiger partial charge in [0, 0.05) is 12.6 Å². The van der Waals surface area contributed by atoms with Crippen LogP contribution in [0.25, 0.3) is 0 Å². The highest BCUT2D eigenvalue weighted by Gasteiger charge is 2.01. The van der Waals surface area contributed by atoms with Crippen LogP contribution in [0, 0.1) is 0 Å². The third-order valence-electron chi connectivity index (χ3n) is 2.96. The lowest BCUT2D eigenvalue weighted by molar-refractivity contribution is 0.281. The maximum Gasteiger partial charge on any atom is 0.119 e. The van der Waals surface area contributed by atoms with Crippen molar-refractivity contribution in [1.29, 1.82) is 0 Å². The molecule has 19 heavy (non-hydrogen) atoms. The van der Waals surface area contributed by atoms with E-state index >= 15 is 0 Å². The van der Waals surface area contributed by atoms with Crippen molar-refractivity contribution in [3.05, 3.63) is 29.8 Å². The summed E-state index contributed by atoms with van der Waals surface area (Å²) in [5.74, 6) is 0.947. The second-order valence-electron chi connectivity index (χ2n) is 5.02. The van der Waals surface area contributed by atoms with Gasteiger partial charge in [-0.2, -0.15) is 0 Å².